The monoisotopic (exact) mass is 305 g/mol. The summed E-state index contributed by atoms with van der Waals surface area (Å²) in [6.07, 6.45) is -0.640. The second kappa shape index (κ2) is 6.74. The van der Waals surface area contributed by atoms with Crippen molar-refractivity contribution in [2.45, 2.75) is 58.0 Å². The van der Waals surface area contributed by atoms with E-state index >= 15 is 0 Å². The van der Waals surface area contributed by atoms with Crippen molar-refractivity contribution in [2.75, 3.05) is 13.1 Å². The van der Waals surface area contributed by atoms with Crippen molar-refractivity contribution in [2.24, 2.45) is 0 Å². The lowest BCUT2D eigenvalue weighted by molar-refractivity contribution is -0.147. The van der Waals surface area contributed by atoms with Gasteiger partial charge in [0.05, 0.1) is 18.8 Å². The molecule has 1 aliphatic carbocycles. The van der Waals surface area contributed by atoms with Crippen LogP contribution in [0.2, 0.25) is 0 Å². The lowest BCUT2D eigenvalue weighted by Crippen LogP contribution is -2.38. The Labute approximate surface area is 122 Å². The molecule has 0 aromatic carbocycles. The number of hydrogen-bond acceptors (Lipinski definition) is 4. The van der Waals surface area contributed by atoms with Crippen LogP contribution >= 0.6 is 0 Å². The van der Waals surface area contributed by atoms with Crippen molar-refractivity contribution in [3.05, 3.63) is 11.9 Å². The standard InChI is InChI=1S/C13H22F3N5/c1-10(2)17-7-11-8-21(19-18-11)6-5-20(12-3-4-12)9-13(14,15)16/h8,10,12,17H,3-7,9H2,1-2H3. The van der Waals surface area contributed by atoms with Gasteiger partial charge in [0.2, 0.25) is 0 Å². The summed E-state index contributed by atoms with van der Waals surface area (Å²) in [4.78, 5) is 1.49. The summed E-state index contributed by atoms with van der Waals surface area (Å²) in [5, 5.41) is 11.2. The summed E-state index contributed by atoms with van der Waals surface area (Å²) in [5.74, 6) is 0. The van der Waals surface area contributed by atoms with Crippen molar-refractivity contribution >= 4 is 0 Å². The van der Waals surface area contributed by atoms with Crippen molar-refractivity contribution in [1.82, 2.24) is 25.2 Å². The minimum Gasteiger partial charge on any atom is -0.309 e. The van der Waals surface area contributed by atoms with Gasteiger partial charge in [-0.2, -0.15) is 13.2 Å². The van der Waals surface area contributed by atoms with E-state index in [0.29, 0.717) is 25.7 Å². The fourth-order valence-electron chi connectivity index (χ4n) is 2.13. The van der Waals surface area contributed by atoms with E-state index in [-0.39, 0.29) is 6.04 Å². The Kier molecular flexibility index (Phi) is 5.21. The molecule has 1 aromatic heterocycles. The highest BCUT2D eigenvalue weighted by Crippen LogP contribution is 2.29. The molecule has 5 nitrogen and oxygen atoms in total. The first-order chi connectivity index (χ1) is 9.83. The van der Waals surface area contributed by atoms with E-state index in [1.54, 1.807) is 10.9 Å². The largest absolute Gasteiger partial charge is 0.401 e. The number of hydrogen-bond donors (Lipinski definition) is 1. The van der Waals surface area contributed by atoms with Gasteiger partial charge in [-0.05, 0) is 12.8 Å². The normalized spacial score (nSPS) is 16.1. The van der Waals surface area contributed by atoms with Crippen LogP contribution in [0.1, 0.15) is 32.4 Å². The van der Waals surface area contributed by atoms with Gasteiger partial charge in [0.1, 0.15) is 0 Å². The molecule has 1 fully saturated rings. The zero-order valence-electron chi connectivity index (χ0n) is 12.4. The molecule has 0 aliphatic heterocycles. The zero-order valence-corrected chi connectivity index (χ0v) is 12.4. The minimum atomic E-state index is -4.14. The summed E-state index contributed by atoms with van der Waals surface area (Å²) in [6.45, 7) is 4.64. The molecule has 1 N–H and O–H groups in total. The molecular weight excluding hydrogens is 283 g/mol. The summed E-state index contributed by atoms with van der Waals surface area (Å²) in [5.41, 5.74) is 0.803. The Balaban J connectivity index is 1.80. The van der Waals surface area contributed by atoms with Crippen LogP contribution in [0.25, 0.3) is 0 Å². The summed E-state index contributed by atoms with van der Waals surface area (Å²) >= 11 is 0. The Morgan fingerprint density at radius 3 is 2.71 bits per heavy atom. The van der Waals surface area contributed by atoms with Crippen LogP contribution in [0.15, 0.2) is 6.20 Å². The molecule has 0 saturated heterocycles. The molecular formula is C13H22F3N5. The molecule has 1 aromatic rings. The Hall–Kier alpha value is -1.15. The van der Waals surface area contributed by atoms with Crippen LogP contribution in [0.3, 0.4) is 0 Å². The predicted molar refractivity (Wildman–Crippen MR) is 72.6 cm³/mol. The van der Waals surface area contributed by atoms with Gasteiger partial charge in [-0.1, -0.05) is 19.1 Å². The molecule has 0 amide bonds. The molecule has 120 valence electrons. The maximum atomic E-state index is 12.5. The molecule has 0 bridgehead atoms. The second-order valence-electron chi connectivity index (χ2n) is 5.83. The number of alkyl halides is 3. The predicted octanol–water partition coefficient (Wildman–Crippen LogP) is 1.80. The summed E-state index contributed by atoms with van der Waals surface area (Å²) < 4.78 is 39.2. The molecule has 0 unspecified atom stereocenters. The number of nitrogens with zero attached hydrogens (tertiary/aromatic N) is 4. The average molecular weight is 305 g/mol. The third-order valence-corrected chi connectivity index (χ3v) is 3.34. The molecule has 0 spiro atoms. The van der Waals surface area contributed by atoms with Gasteiger partial charge in [-0.25, -0.2) is 0 Å². The molecule has 0 atom stereocenters. The fourth-order valence-corrected chi connectivity index (χ4v) is 2.13. The first-order valence-electron chi connectivity index (χ1n) is 7.26. The van der Waals surface area contributed by atoms with E-state index in [1.165, 1.54) is 4.90 Å². The van der Waals surface area contributed by atoms with Crippen LogP contribution in [-0.4, -0.2) is 51.2 Å². The van der Waals surface area contributed by atoms with E-state index in [1.807, 2.05) is 13.8 Å². The minimum absolute atomic E-state index is 0.0808. The number of rotatable bonds is 8. The highest BCUT2D eigenvalue weighted by atomic mass is 19.4. The Morgan fingerprint density at radius 2 is 2.14 bits per heavy atom. The first kappa shape index (κ1) is 16.2. The third-order valence-electron chi connectivity index (χ3n) is 3.34. The van der Waals surface area contributed by atoms with Gasteiger partial charge in [-0.3, -0.25) is 9.58 Å². The summed E-state index contributed by atoms with van der Waals surface area (Å²) in [7, 11) is 0. The van der Waals surface area contributed by atoms with E-state index in [9.17, 15) is 13.2 Å². The Morgan fingerprint density at radius 1 is 1.43 bits per heavy atom. The highest BCUT2D eigenvalue weighted by molar-refractivity contribution is 4.92. The third kappa shape index (κ3) is 6.01. The average Bonchev–Trinajstić information content (AvgIpc) is 3.11. The van der Waals surface area contributed by atoms with Crippen LogP contribution in [0.4, 0.5) is 13.2 Å². The molecule has 0 radical (unpaired) electrons. The fraction of sp³-hybridized carbons (Fsp3) is 0.846. The van der Waals surface area contributed by atoms with Crippen LogP contribution in [0.5, 0.6) is 0 Å². The van der Waals surface area contributed by atoms with Gasteiger partial charge in [0.15, 0.2) is 0 Å². The molecule has 2 rings (SSSR count). The highest BCUT2D eigenvalue weighted by Gasteiger charge is 2.37. The topological polar surface area (TPSA) is 46.0 Å². The second-order valence-corrected chi connectivity index (χ2v) is 5.83. The maximum Gasteiger partial charge on any atom is 0.401 e. The van der Waals surface area contributed by atoms with Gasteiger partial charge >= 0.3 is 6.18 Å². The zero-order chi connectivity index (χ0) is 15.5. The van der Waals surface area contributed by atoms with E-state index in [4.69, 9.17) is 0 Å². The number of nitrogens with one attached hydrogen (secondary N) is 1. The van der Waals surface area contributed by atoms with Crippen molar-refractivity contribution in [3.8, 4) is 0 Å². The van der Waals surface area contributed by atoms with Crippen LogP contribution < -0.4 is 5.32 Å². The van der Waals surface area contributed by atoms with Gasteiger partial charge in [0.25, 0.3) is 0 Å². The van der Waals surface area contributed by atoms with Gasteiger partial charge in [0, 0.05) is 31.4 Å². The quantitative estimate of drug-likeness (QED) is 0.795. The van der Waals surface area contributed by atoms with E-state index in [0.717, 1.165) is 18.5 Å². The van der Waals surface area contributed by atoms with E-state index in [2.05, 4.69) is 15.6 Å². The van der Waals surface area contributed by atoms with Crippen molar-refractivity contribution < 1.29 is 13.2 Å². The molecule has 1 aliphatic rings. The SMILES string of the molecule is CC(C)NCc1cn(CCN(CC(F)(F)F)C2CC2)nn1. The van der Waals surface area contributed by atoms with Crippen molar-refractivity contribution in [1.29, 1.82) is 0 Å². The maximum absolute atomic E-state index is 12.5. The first-order valence-corrected chi connectivity index (χ1v) is 7.26. The molecule has 1 heterocycles. The smallest absolute Gasteiger partial charge is 0.309 e. The van der Waals surface area contributed by atoms with Gasteiger partial charge < -0.3 is 5.32 Å². The van der Waals surface area contributed by atoms with Crippen LogP contribution in [-0.2, 0) is 13.1 Å². The van der Waals surface area contributed by atoms with E-state index < -0.39 is 12.7 Å². The number of halogens is 3. The summed E-state index contributed by atoms with van der Waals surface area (Å²) in [6, 6.07) is 0.435. The number of aromatic nitrogens is 3. The Bertz CT molecular complexity index is 439. The van der Waals surface area contributed by atoms with Crippen LogP contribution in [0, 0.1) is 0 Å². The lowest BCUT2D eigenvalue weighted by atomic mass is 10.3. The van der Waals surface area contributed by atoms with Gasteiger partial charge in [-0.15, -0.1) is 5.10 Å². The molecule has 21 heavy (non-hydrogen) atoms. The lowest BCUT2D eigenvalue weighted by Gasteiger charge is -2.22. The molecule has 8 heteroatoms. The molecule has 1 saturated carbocycles. The van der Waals surface area contributed by atoms with Crippen molar-refractivity contribution in [3.63, 3.8) is 0 Å².